The number of rotatable bonds is 5. The average Bonchev–Trinajstić information content (AvgIpc) is 3.21. The molecule has 0 amide bonds. The Morgan fingerprint density at radius 3 is 2.65 bits per heavy atom. The van der Waals surface area contributed by atoms with Crippen LogP contribution in [0.1, 0.15) is 68.7 Å². The molecule has 142 valence electrons. The molecule has 0 N–H and O–H groups in total. The minimum atomic E-state index is 0.295. The van der Waals surface area contributed by atoms with Gasteiger partial charge >= 0.3 is 0 Å². The fourth-order valence-corrected chi connectivity index (χ4v) is 5.98. The van der Waals surface area contributed by atoms with E-state index in [0.717, 1.165) is 23.6 Å². The Bertz CT molecular complexity index is 764. The lowest BCUT2D eigenvalue weighted by Crippen LogP contribution is -2.35. The molecule has 4 nitrogen and oxygen atoms in total. The molecule has 0 spiro atoms. The predicted molar refractivity (Wildman–Crippen MR) is 108 cm³/mol. The van der Waals surface area contributed by atoms with Crippen LogP contribution >= 0.6 is 11.3 Å². The largest absolute Gasteiger partial charge is 0.474 e. The molecular formula is C21H31N3OS. The summed E-state index contributed by atoms with van der Waals surface area (Å²) < 4.78 is 6.48. The standard InChI is InChI=1S/C21H31N3OS/c1-5-13(2)16-10-11-17-18(16)19-20(22-12-23-21(19)26-17)25-15-8-6-14(7-9-15)24(3)4/h12-16H,5-11H2,1-4H3/t13?,14?,15?,16-/m1/s1. The average molecular weight is 374 g/mol. The first-order valence-corrected chi connectivity index (χ1v) is 11.0. The number of aryl methyl sites for hydroxylation is 1. The molecule has 1 saturated carbocycles. The molecule has 26 heavy (non-hydrogen) atoms. The van der Waals surface area contributed by atoms with Gasteiger partial charge in [0.1, 0.15) is 17.3 Å². The Hall–Kier alpha value is -1.20. The molecule has 0 aliphatic heterocycles. The summed E-state index contributed by atoms with van der Waals surface area (Å²) in [6, 6.07) is 0.695. The van der Waals surface area contributed by atoms with E-state index in [0.29, 0.717) is 24.0 Å². The first-order valence-electron chi connectivity index (χ1n) is 10.2. The van der Waals surface area contributed by atoms with Crippen LogP contribution in [0.5, 0.6) is 5.88 Å². The van der Waals surface area contributed by atoms with Gasteiger partial charge in [-0.2, -0.15) is 0 Å². The molecule has 2 atom stereocenters. The van der Waals surface area contributed by atoms with Gasteiger partial charge in [-0.1, -0.05) is 20.3 Å². The Kier molecular flexibility index (Phi) is 5.20. The van der Waals surface area contributed by atoms with E-state index in [1.165, 1.54) is 47.9 Å². The van der Waals surface area contributed by atoms with Crippen molar-refractivity contribution in [3.05, 3.63) is 16.8 Å². The highest BCUT2D eigenvalue weighted by Gasteiger charge is 2.33. The van der Waals surface area contributed by atoms with Crippen molar-refractivity contribution in [3.63, 3.8) is 0 Å². The van der Waals surface area contributed by atoms with E-state index in [1.807, 2.05) is 11.3 Å². The van der Waals surface area contributed by atoms with Gasteiger partial charge in [0.25, 0.3) is 0 Å². The Morgan fingerprint density at radius 1 is 1.19 bits per heavy atom. The SMILES string of the molecule is CCC(C)[C@H]1CCc2sc3ncnc(OC4CCC(N(C)C)CC4)c3c21. The van der Waals surface area contributed by atoms with E-state index in [9.17, 15) is 0 Å². The van der Waals surface area contributed by atoms with Crippen LogP contribution in [0.25, 0.3) is 10.2 Å². The first kappa shape index (κ1) is 18.2. The number of thiophene rings is 1. The molecule has 1 fully saturated rings. The maximum atomic E-state index is 6.48. The molecule has 4 rings (SSSR count). The Labute approximate surface area is 161 Å². The number of fused-ring (bicyclic) bond motifs is 3. The highest BCUT2D eigenvalue weighted by Crippen LogP contribution is 2.49. The van der Waals surface area contributed by atoms with Crippen molar-refractivity contribution in [1.29, 1.82) is 0 Å². The summed E-state index contributed by atoms with van der Waals surface area (Å²) in [5.41, 5.74) is 1.51. The maximum Gasteiger partial charge on any atom is 0.225 e. The summed E-state index contributed by atoms with van der Waals surface area (Å²) in [5.74, 6) is 2.19. The summed E-state index contributed by atoms with van der Waals surface area (Å²) in [6.07, 6.45) is 10.3. The number of ether oxygens (including phenoxy) is 1. The molecule has 2 aliphatic rings. The van der Waals surface area contributed by atoms with Gasteiger partial charge in [-0.25, -0.2) is 9.97 Å². The van der Waals surface area contributed by atoms with Gasteiger partial charge < -0.3 is 9.64 Å². The van der Waals surface area contributed by atoms with Gasteiger partial charge in [-0.05, 0) is 70.0 Å². The summed E-state index contributed by atoms with van der Waals surface area (Å²) in [5, 5.41) is 1.23. The van der Waals surface area contributed by atoms with Gasteiger partial charge in [0.05, 0.1) is 5.39 Å². The third-order valence-electron chi connectivity index (χ3n) is 6.60. The van der Waals surface area contributed by atoms with Crippen molar-refractivity contribution in [2.75, 3.05) is 14.1 Å². The molecule has 5 heteroatoms. The second kappa shape index (κ2) is 7.43. The minimum absolute atomic E-state index is 0.295. The van der Waals surface area contributed by atoms with E-state index in [2.05, 4.69) is 42.8 Å². The van der Waals surface area contributed by atoms with Crippen molar-refractivity contribution in [2.24, 2.45) is 5.92 Å². The summed E-state index contributed by atoms with van der Waals surface area (Å²) >= 11 is 1.86. The smallest absolute Gasteiger partial charge is 0.225 e. The number of hydrogen-bond donors (Lipinski definition) is 0. The monoisotopic (exact) mass is 373 g/mol. The molecular weight excluding hydrogens is 342 g/mol. The van der Waals surface area contributed by atoms with Gasteiger partial charge in [0.15, 0.2) is 0 Å². The van der Waals surface area contributed by atoms with Crippen LogP contribution in [0.2, 0.25) is 0 Å². The van der Waals surface area contributed by atoms with Crippen LogP contribution in [-0.4, -0.2) is 41.1 Å². The van der Waals surface area contributed by atoms with Crippen LogP contribution < -0.4 is 4.74 Å². The zero-order valence-electron chi connectivity index (χ0n) is 16.5. The van der Waals surface area contributed by atoms with Crippen molar-refractivity contribution in [2.45, 2.75) is 76.9 Å². The van der Waals surface area contributed by atoms with Crippen molar-refractivity contribution >= 4 is 21.6 Å². The minimum Gasteiger partial charge on any atom is -0.474 e. The van der Waals surface area contributed by atoms with Crippen molar-refractivity contribution in [1.82, 2.24) is 14.9 Å². The fraction of sp³-hybridized carbons (Fsp3) is 0.714. The molecule has 2 aliphatic carbocycles. The van der Waals surface area contributed by atoms with E-state index < -0.39 is 0 Å². The number of aromatic nitrogens is 2. The molecule has 0 bridgehead atoms. The predicted octanol–water partition coefficient (Wildman–Crippen LogP) is 5.02. The molecule has 2 aromatic rings. The zero-order valence-corrected chi connectivity index (χ0v) is 17.3. The van der Waals surface area contributed by atoms with Gasteiger partial charge in [0.2, 0.25) is 5.88 Å². The Morgan fingerprint density at radius 2 is 1.96 bits per heavy atom. The topological polar surface area (TPSA) is 38.3 Å². The lowest BCUT2D eigenvalue weighted by Gasteiger charge is -2.32. The third kappa shape index (κ3) is 3.24. The van der Waals surface area contributed by atoms with E-state index in [4.69, 9.17) is 4.74 Å². The molecule has 0 saturated heterocycles. The summed E-state index contributed by atoms with van der Waals surface area (Å²) in [4.78, 5) is 14.2. The fourth-order valence-electron chi connectivity index (χ4n) is 4.76. The van der Waals surface area contributed by atoms with Gasteiger partial charge in [-0.15, -0.1) is 11.3 Å². The summed E-state index contributed by atoms with van der Waals surface area (Å²) in [6.45, 7) is 4.68. The number of hydrogen-bond acceptors (Lipinski definition) is 5. The molecule has 2 heterocycles. The van der Waals surface area contributed by atoms with Gasteiger partial charge in [0, 0.05) is 10.9 Å². The highest BCUT2D eigenvalue weighted by atomic mass is 32.1. The first-order chi connectivity index (χ1) is 12.6. The van der Waals surface area contributed by atoms with Crippen LogP contribution in [0.15, 0.2) is 6.33 Å². The van der Waals surface area contributed by atoms with Crippen molar-refractivity contribution in [3.8, 4) is 5.88 Å². The maximum absolute atomic E-state index is 6.48. The molecule has 2 aromatic heterocycles. The molecule has 1 unspecified atom stereocenters. The van der Waals surface area contributed by atoms with Crippen LogP contribution in [-0.2, 0) is 6.42 Å². The quantitative estimate of drug-likeness (QED) is 0.738. The van der Waals surface area contributed by atoms with Gasteiger partial charge in [-0.3, -0.25) is 0 Å². The van der Waals surface area contributed by atoms with Crippen LogP contribution in [0.4, 0.5) is 0 Å². The van der Waals surface area contributed by atoms with Crippen LogP contribution in [0.3, 0.4) is 0 Å². The lowest BCUT2D eigenvalue weighted by atomic mass is 9.86. The summed E-state index contributed by atoms with van der Waals surface area (Å²) in [7, 11) is 4.37. The molecule has 0 radical (unpaired) electrons. The second-order valence-corrected chi connectivity index (χ2v) is 9.42. The number of nitrogens with zero attached hydrogens (tertiary/aromatic N) is 3. The lowest BCUT2D eigenvalue weighted by molar-refractivity contribution is 0.108. The zero-order chi connectivity index (χ0) is 18.3. The van der Waals surface area contributed by atoms with E-state index in [-0.39, 0.29) is 0 Å². The van der Waals surface area contributed by atoms with Crippen LogP contribution in [0, 0.1) is 5.92 Å². The Balaban J connectivity index is 1.61. The third-order valence-corrected chi connectivity index (χ3v) is 7.78. The van der Waals surface area contributed by atoms with Crippen molar-refractivity contribution < 1.29 is 4.74 Å². The van der Waals surface area contributed by atoms with E-state index >= 15 is 0 Å². The highest BCUT2D eigenvalue weighted by molar-refractivity contribution is 7.19. The normalized spacial score (nSPS) is 27.0. The molecule has 0 aromatic carbocycles. The second-order valence-electron chi connectivity index (χ2n) is 8.34. The van der Waals surface area contributed by atoms with E-state index in [1.54, 1.807) is 6.33 Å².